The molecule has 32 heavy (non-hydrogen) atoms. The van der Waals surface area contributed by atoms with Crippen LogP contribution in [0.15, 0.2) is 24.3 Å². The number of aromatic nitrogens is 4. The van der Waals surface area contributed by atoms with Crippen LogP contribution in [0.1, 0.15) is 87.7 Å². The van der Waals surface area contributed by atoms with E-state index < -0.39 is 0 Å². The quantitative estimate of drug-likeness (QED) is 0.673. The number of nitrogens with zero attached hydrogens (tertiary/aromatic N) is 6. The van der Waals surface area contributed by atoms with E-state index in [0.29, 0.717) is 6.04 Å². The van der Waals surface area contributed by atoms with Gasteiger partial charge >= 0.3 is 0 Å². The number of piperazine rings is 1. The van der Waals surface area contributed by atoms with Gasteiger partial charge in [-0.3, -0.25) is 9.80 Å². The molecule has 174 valence electrons. The second-order valence-electron chi connectivity index (χ2n) is 9.81. The molecule has 7 nitrogen and oxygen atoms in total. The van der Waals surface area contributed by atoms with Gasteiger partial charge in [0.15, 0.2) is 5.82 Å². The summed E-state index contributed by atoms with van der Waals surface area (Å²) in [5.41, 5.74) is 1.25. The largest absolute Gasteiger partial charge is 0.497 e. The summed E-state index contributed by atoms with van der Waals surface area (Å²) in [6.07, 6.45) is 13.2. The van der Waals surface area contributed by atoms with Crippen LogP contribution in [-0.2, 0) is 0 Å². The minimum Gasteiger partial charge on any atom is -0.497 e. The van der Waals surface area contributed by atoms with Crippen LogP contribution in [-0.4, -0.2) is 69.3 Å². The van der Waals surface area contributed by atoms with Crippen molar-refractivity contribution in [2.75, 3.05) is 33.3 Å². The smallest absolute Gasteiger partial charge is 0.173 e. The Bertz CT molecular complexity index is 832. The van der Waals surface area contributed by atoms with E-state index in [1.54, 1.807) is 7.11 Å². The molecule has 2 aliphatic carbocycles. The second kappa shape index (κ2) is 10.3. The summed E-state index contributed by atoms with van der Waals surface area (Å²) in [5.74, 6) is 1.90. The maximum Gasteiger partial charge on any atom is 0.173 e. The molecule has 1 aromatic heterocycles. The number of benzene rings is 1. The van der Waals surface area contributed by atoms with Gasteiger partial charge in [0.2, 0.25) is 0 Å². The molecule has 0 bridgehead atoms. The summed E-state index contributed by atoms with van der Waals surface area (Å²) >= 11 is 0. The molecule has 5 rings (SSSR count). The van der Waals surface area contributed by atoms with Crippen LogP contribution in [0.4, 0.5) is 0 Å². The van der Waals surface area contributed by atoms with Gasteiger partial charge in [-0.15, -0.1) is 5.10 Å². The molecular weight excluding hydrogens is 400 g/mol. The third-order valence-electron chi connectivity index (χ3n) is 7.92. The third-order valence-corrected chi connectivity index (χ3v) is 7.92. The summed E-state index contributed by atoms with van der Waals surface area (Å²) in [6, 6.07) is 9.82. The molecule has 1 aliphatic heterocycles. The summed E-state index contributed by atoms with van der Waals surface area (Å²) in [7, 11) is 1.72. The van der Waals surface area contributed by atoms with Crippen LogP contribution in [0.3, 0.4) is 0 Å². The maximum absolute atomic E-state index is 5.42. The predicted octanol–water partition coefficient (Wildman–Crippen LogP) is 4.23. The average Bonchev–Trinajstić information content (AvgIpc) is 3.35. The summed E-state index contributed by atoms with van der Waals surface area (Å²) in [5, 5.41) is 13.3. The van der Waals surface area contributed by atoms with Gasteiger partial charge in [-0.05, 0) is 53.8 Å². The highest BCUT2D eigenvalue weighted by Crippen LogP contribution is 2.35. The number of methoxy groups -OCH3 is 1. The van der Waals surface area contributed by atoms with E-state index in [0.717, 1.165) is 43.8 Å². The number of ether oxygens (including phenoxy) is 1. The van der Waals surface area contributed by atoms with Crippen LogP contribution in [0.25, 0.3) is 0 Å². The van der Waals surface area contributed by atoms with E-state index in [1.165, 1.54) is 69.8 Å². The highest BCUT2D eigenvalue weighted by atomic mass is 16.5. The fourth-order valence-corrected chi connectivity index (χ4v) is 6.08. The first-order valence-electron chi connectivity index (χ1n) is 12.7. The number of rotatable bonds is 6. The normalized spacial score (nSPS) is 23.3. The van der Waals surface area contributed by atoms with Gasteiger partial charge < -0.3 is 4.74 Å². The molecule has 7 heteroatoms. The van der Waals surface area contributed by atoms with Crippen molar-refractivity contribution in [1.29, 1.82) is 0 Å². The van der Waals surface area contributed by atoms with Crippen LogP contribution in [0.5, 0.6) is 5.75 Å². The van der Waals surface area contributed by atoms with Crippen LogP contribution < -0.4 is 4.74 Å². The lowest BCUT2D eigenvalue weighted by Gasteiger charge is -2.43. The van der Waals surface area contributed by atoms with Gasteiger partial charge in [-0.25, -0.2) is 4.68 Å². The number of hydrogen-bond acceptors (Lipinski definition) is 6. The highest BCUT2D eigenvalue weighted by Gasteiger charge is 2.34. The second-order valence-corrected chi connectivity index (χ2v) is 9.81. The standard InChI is InChI=1S/C25H38N6O/c1-32-23-14-12-20(13-15-23)24(25-26-27-28-31(25)22-10-6-3-7-11-22)30-18-16-29(17-19-30)21-8-4-2-5-9-21/h12-15,21-22,24H,2-11,16-19H2,1H3/t24-/m0/s1. The van der Waals surface area contributed by atoms with E-state index >= 15 is 0 Å². The minimum absolute atomic E-state index is 0.0892. The molecular formula is C25H38N6O. The predicted molar refractivity (Wildman–Crippen MR) is 125 cm³/mol. The zero-order valence-electron chi connectivity index (χ0n) is 19.5. The first-order chi connectivity index (χ1) is 15.8. The van der Waals surface area contributed by atoms with Crippen molar-refractivity contribution in [3.05, 3.63) is 35.7 Å². The summed E-state index contributed by atoms with van der Waals surface area (Å²) in [4.78, 5) is 5.34. The molecule has 3 aliphatic rings. The Hall–Kier alpha value is -1.99. The highest BCUT2D eigenvalue weighted by molar-refractivity contribution is 5.32. The molecule has 0 amide bonds. The van der Waals surface area contributed by atoms with E-state index in [4.69, 9.17) is 4.74 Å². The lowest BCUT2D eigenvalue weighted by molar-refractivity contribution is 0.0612. The van der Waals surface area contributed by atoms with E-state index in [2.05, 4.69) is 54.3 Å². The SMILES string of the molecule is COc1ccc([C@@H](c2nnnn2C2CCCCC2)N2CCN(C3CCCCC3)CC2)cc1. The summed E-state index contributed by atoms with van der Waals surface area (Å²) < 4.78 is 7.57. The average molecular weight is 439 g/mol. The Morgan fingerprint density at radius 1 is 0.812 bits per heavy atom. The molecule has 0 N–H and O–H groups in total. The van der Waals surface area contributed by atoms with Gasteiger partial charge in [-0.1, -0.05) is 50.7 Å². The molecule has 2 heterocycles. The van der Waals surface area contributed by atoms with Gasteiger partial charge in [-0.2, -0.15) is 0 Å². The van der Waals surface area contributed by atoms with Gasteiger partial charge in [0.05, 0.1) is 19.2 Å². The molecule has 1 aromatic carbocycles. The Balaban J connectivity index is 1.39. The van der Waals surface area contributed by atoms with Gasteiger partial charge in [0.1, 0.15) is 5.75 Å². The zero-order valence-corrected chi connectivity index (χ0v) is 19.5. The molecule has 0 spiro atoms. The monoisotopic (exact) mass is 438 g/mol. The van der Waals surface area contributed by atoms with Crippen LogP contribution in [0, 0.1) is 0 Å². The van der Waals surface area contributed by atoms with Crippen molar-refractivity contribution < 1.29 is 4.74 Å². The molecule has 2 aromatic rings. The molecule has 2 saturated carbocycles. The van der Waals surface area contributed by atoms with E-state index in [1.807, 2.05) is 0 Å². The minimum atomic E-state index is 0.0892. The van der Waals surface area contributed by atoms with Crippen LogP contribution in [0.2, 0.25) is 0 Å². The van der Waals surface area contributed by atoms with E-state index in [-0.39, 0.29) is 6.04 Å². The van der Waals surface area contributed by atoms with Gasteiger partial charge in [0.25, 0.3) is 0 Å². The lowest BCUT2D eigenvalue weighted by atomic mass is 9.93. The lowest BCUT2D eigenvalue weighted by Crippen LogP contribution is -2.52. The zero-order chi connectivity index (χ0) is 21.8. The van der Waals surface area contributed by atoms with Crippen molar-refractivity contribution >= 4 is 0 Å². The molecule has 0 radical (unpaired) electrons. The molecule has 0 unspecified atom stereocenters. The fourth-order valence-electron chi connectivity index (χ4n) is 6.08. The molecule has 3 fully saturated rings. The first-order valence-corrected chi connectivity index (χ1v) is 12.7. The van der Waals surface area contributed by atoms with E-state index in [9.17, 15) is 0 Å². The van der Waals surface area contributed by atoms with Crippen molar-refractivity contribution in [3.63, 3.8) is 0 Å². The summed E-state index contributed by atoms with van der Waals surface area (Å²) in [6.45, 7) is 4.40. The van der Waals surface area contributed by atoms with Crippen molar-refractivity contribution in [3.8, 4) is 5.75 Å². The Morgan fingerprint density at radius 2 is 1.44 bits per heavy atom. The first kappa shape index (κ1) is 21.8. The van der Waals surface area contributed by atoms with Gasteiger partial charge in [0, 0.05) is 32.2 Å². The molecule has 1 atom stereocenters. The number of tetrazole rings is 1. The van der Waals surface area contributed by atoms with Crippen molar-refractivity contribution in [2.24, 2.45) is 0 Å². The molecule has 1 saturated heterocycles. The fraction of sp³-hybridized carbons (Fsp3) is 0.720. The number of hydrogen-bond donors (Lipinski definition) is 0. The van der Waals surface area contributed by atoms with Crippen molar-refractivity contribution in [2.45, 2.75) is 82.3 Å². The third kappa shape index (κ3) is 4.69. The maximum atomic E-state index is 5.42. The topological polar surface area (TPSA) is 59.3 Å². The van der Waals surface area contributed by atoms with Crippen molar-refractivity contribution in [1.82, 2.24) is 30.0 Å². The Labute approximate surface area is 192 Å². The Kier molecular flexibility index (Phi) is 7.03. The Morgan fingerprint density at radius 3 is 2.06 bits per heavy atom. The van der Waals surface area contributed by atoms with Crippen LogP contribution >= 0.6 is 0 Å².